The third-order valence-electron chi connectivity index (χ3n) is 2.99. The van der Waals surface area contributed by atoms with Crippen LogP contribution < -0.4 is 10.6 Å². The van der Waals surface area contributed by atoms with Gasteiger partial charge in [0.05, 0.1) is 4.47 Å². The summed E-state index contributed by atoms with van der Waals surface area (Å²) >= 11 is 3.33. The summed E-state index contributed by atoms with van der Waals surface area (Å²) in [5, 5.41) is 0. The molecule has 1 aliphatic heterocycles. The number of hydrogen-bond donors (Lipinski definition) is 1. The summed E-state index contributed by atoms with van der Waals surface area (Å²) in [6, 6.07) is 0.381. The highest BCUT2D eigenvalue weighted by Gasteiger charge is 2.31. The summed E-state index contributed by atoms with van der Waals surface area (Å²) in [5.41, 5.74) is 5.78. The Labute approximate surface area is 98.0 Å². The molecule has 15 heavy (non-hydrogen) atoms. The van der Waals surface area contributed by atoms with Gasteiger partial charge in [-0.25, -0.2) is 9.97 Å². The van der Waals surface area contributed by atoms with Crippen molar-refractivity contribution in [3.05, 3.63) is 16.9 Å². The van der Waals surface area contributed by atoms with Crippen molar-refractivity contribution in [2.45, 2.75) is 19.4 Å². The average molecular weight is 271 g/mol. The van der Waals surface area contributed by atoms with Gasteiger partial charge >= 0.3 is 0 Å². The molecule has 0 saturated carbocycles. The van der Waals surface area contributed by atoms with E-state index in [1.807, 2.05) is 0 Å². The number of aromatic nitrogens is 2. The van der Waals surface area contributed by atoms with E-state index in [-0.39, 0.29) is 0 Å². The van der Waals surface area contributed by atoms with Crippen molar-refractivity contribution < 1.29 is 0 Å². The van der Waals surface area contributed by atoms with Crippen molar-refractivity contribution in [1.29, 1.82) is 0 Å². The van der Waals surface area contributed by atoms with Crippen LogP contribution in [0.5, 0.6) is 0 Å². The van der Waals surface area contributed by atoms with Crippen LogP contribution >= 0.6 is 15.9 Å². The summed E-state index contributed by atoms with van der Waals surface area (Å²) in [6.45, 7) is 3.90. The van der Waals surface area contributed by atoms with Gasteiger partial charge in [-0.05, 0) is 28.3 Å². The van der Waals surface area contributed by atoms with E-state index in [4.69, 9.17) is 5.73 Å². The second-order valence-corrected chi connectivity index (χ2v) is 4.88. The van der Waals surface area contributed by atoms with Crippen LogP contribution in [0.1, 0.15) is 13.3 Å². The quantitative estimate of drug-likeness (QED) is 0.883. The number of nitrogens with zero attached hydrogens (tertiary/aromatic N) is 3. The number of hydrogen-bond acceptors (Lipinski definition) is 4. The molecule has 2 N–H and O–H groups in total. The molecule has 1 fully saturated rings. The van der Waals surface area contributed by atoms with E-state index in [2.05, 4.69) is 37.7 Å². The van der Waals surface area contributed by atoms with Crippen molar-refractivity contribution >= 4 is 21.9 Å². The molecular formula is C10H15BrN4. The standard InChI is InChI=1S/C10H15BrN4/c1-7-2-3-15(9(7)4-12)10-13-5-8(11)6-14-10/h5-7,9H,2-4,12H2,1H3. The van der Waals surface area contributed by atoms with Crippen LogP contribution in [-0.4, -0.2) is 29.1 Å². The van der Waals surface area contributed by atoms with Gasteiger partial charge in [0, 0.05) is 31.5 Å². The molecule has 1 aromatic rings. The van der Waals surface area contributed by atoms with Crippen LogP contribution in [0.25, 0.3) is 0 Å². The first-order chi connectivity index (χ1) is 7.22. The van der Waals surface area contributed by atoms with Crippen molar-refractivity contribution in [1.82, 2.24) is 9.97 Å². The molecular weight excluding hydrogens is 256 g/mol. The normalized spacial score (nSPS) is 25.9. The molecule has 0 aromatic carbocycles. The SMILES string of the molecule is CC1CCN(c2ncc(Br)cn2)C1CN. The minimum Gasteiger partial charge on any atom is -0.336 e. The number of anilines is 1. The van der Waals surface area contributed by atoms with E-state index in [0.717, 1.165) is 17.0 Å². The Bertz CT molecular complexity index is 327. The van der Waals surface area contributed by atoms with E-state index < -0.39 is 0 Å². The van der Waals surface area contributed by atoms with E-state index >= 15 is 0 Å². The summed E-state index contributed by atoms with van der Waals surface area (Å²) in [6.07, 6.45) is 4.72. The van der Waals surface area contributed by atoms with Crippen LogP contribution in [0.3, 0.4) is 0 Å². The first-order valence-corrected chi connectivity index (χ1v) is 5.96. The summed E-state index contributed by atoms with van der Waals surface area (Å²) in [5.74, 6) is 1.42. The van der Waals surface area contributed by atoms with E-state index in [9.17, 15) is 0 Å². The zero-order valence-corrected chi connectivity index (χ0v) is 10.3. The van der Waals surface area contributed by atoms with Gasteiger partial charge in [-0.2, -0.15) is 0 Å². The van der Waals surface area contributed by atoms with Gasteiger partial charge in [0.2, 0.25) is 5.95 Å². The Morgan fingerprint density at radius 3 is 2.80 bits per heavy atom. The molecule has 1 aromatic heterocycles. The Kier molecular flexibility index (Phi) is 3.21. The third kappa shape index (κ3) is 2.13. The lowest BCUT2D eigenvalue weighted by molar-refractivity contribution is 0.515. The molecule has 0 spiro atoms. The second-order valence-electron chi connectivity index (χ2n) is 3.96. The number of rotatable bonds is 2. The van der Waals surface area contributed by atoms with Crippen LogP contribution in [0.4, 0.5) is 5.95 Å². The Hall–Kier alpha value is -0.680. The van der Waals surface area contributed by atoms with Gasteiger partial charge in [-0.3, -0.25) is 0 Å². The summed E-state index contributed by atoms with van der Waals surface area (Å²) in [7, 11) is 0. The van der Waals surface area contributed by atoms with Gasteiger partial charge in [-0.15, -0.1) is 0 Å². The highest BCUT2D eigenvalue weighted by atomic mass is 79.9. The highest BCUT2D eigenvalue weighted by molar-refractivity contribution is 9.10. The summed E-state index contributed by atoms with van der Waals surface area (Å²) < 4.78 is 0.905. The molecule has 0 aliphatic carbocycles. The van der Waals surface area contributed by atoms with Crippen LogP contribution in [0, 0.1) is 5.92 Å². The van der Waals surface area contributed by atoms with Gasteiger partial charge in [0.15, 0.2) is 0 Å². The Balaban J connectivity index is 2.20. The van der Waals surface area contributed by atoms with Gasteiger partial charge in [0.25, 0.3) is 0 Å². The van der Waals surface area contributed by atoms with Gasteiger partial charge < -0.3 is 10.6 Å². The van der Waals surface area contributed by atoms with Crippen molar-refractivity contribution in [2.75, 3.05) is 18.0 Å². The van der Waals surface area contributed by atoms with Crippen LogP contribution in [-0.2, 0) is 0 Å². The molecule has 2 unspecified atom stereocenters. The first-order valence-electron chi connectivity index (χ1n) is 5.16. The maximum atomic E-state index is 5.78. The average Bonchev–Trinajstić information content (AvgIpc) is 2.61. The topological polar surface area (TPSA) is 55.0 Å². The molecule has 2 rings (SSSR count). The molecule has 1 aliphatic rings. The van der Waals surface area contributed by atoms with Crippen molar-refractivity contribution in [2.24, 2.45) is 11.7 Å². The molecule has 0 bridgehead atoms. The molecule has 0 radical (unpaired) electrons. The lowest BCUT2D eigenvalue weighted by Gasteiger charge is -2.25. The minimum absolute atomic E-state index is 0.381. The monoisotopic (exact) mass is 270 g/mol. The zero-order chi connectivity index (χ0) is 10.8. The lowest BCUT2D eigenvalue weighted by atomic mass is 10.0. The zero-order valence-electron chi connectivity index (χ0n) is 8.73. The molecule has 2 heterocycles. The smallest absolute Gasteiger partial charge is 0.225 e. The fraction of sp³-hybridized carbons (Fsp3) is 0.600. The molecule has 0 amide bonds. The molecule has 4 nitrogen and oxygen atoms in total. The molecule has 2 atom stereocenters. The minimum atomic E-state index is 0.381. The predicted molar refractivity (Wildman–Crippen MR) is 63.7 cm³/mol. The third-order valence-corrected chi connectivity index (χ3v) is 3.40. The van der Waals surface area contributed by atoms with E-state index in [0.29, 0.717) is 18.5 Å². The van der Waals surface area contributed by atoms with Crippen LogP contribution in [0.15, 0.2) is 16.9 Å². The maximum Gasteiger partial charge on any atom is 0.225 e. The first kappa shape index (κ1) is 10.8. The lowest BCUT2D eigenvalue weighted by Crippen LogP contribution is -2.39. The fourth-order valence-electron chi connectivity index (χ4n) is 2.07. The number of nitrogens with two attached hydrogens (primary N) is 1. The Morgan fingerprint density at radius 2 is 2.20 bits per heavy atom. The molecule has 82 valence electrons. The van der Waals surface area contributed by atoms with Crippen molar-refractivity contribution in [3.63, 3.8) is 0 Å². The van der Waals surface area contributed by atoms with E-state index in [1.54, 1.807) is 12.4 Å². The van der Waals surface area contributed by atoms with E-state index in [1.165, 1.54) is 6.42 Å². The van der Waals surface area contributed by atoms with Crippen LogP contribution in [0.2, 0.25) is 0 Å². The Morgan fingerprint density at radius 1 is 1.53 bits per heavy atom. The predicted octanol–water partition coefficient (Wildman–Crippen LogP) is 1.41. The second kappa shape index (κ2) is 4.45. The van der Waals surface area contributed by atoms with Gasteiger partial charge in [-0.1, -0.05) is 6.92 Å². The number of halogens is 1. The van der Waals surface area contributed by atoms with Gasteiger partial charge in [0.1, 0.15) is 0 Å². The fourth-order valence-corrected chi connectivity index (χ4v) is 2.27. The maximum absolute atomic E-state index is 5.78. The molecule has 1 saturated heterocycles. The summed E-state index contributed by atoms with van der Waals surface area (Å²) in [4.78, 5) is 10.8. The molecule has 5 heteroatoms. The largest absolute Gasteiger partial charge is 0.336 e. The van der Waals surface area contributed by atoms with Crippen molar-refractivity contribution in [3.8, 4) is 0 Å². The highest BCUT2D eigenvalue weighted by Crippen LogP contribution is 2.26.